The van der Waals surface area contributed by atoms with Crippen LogP contribution in [0.4, 0.5) is 8.78 Å². The van der Waals surface area contributed by atoms with Gasteiger partial charge in [0, 0.05) is 28.4 Å². The molecule has 0 spiro atoms. The van der Waals surface area contributed by atoms with Gasteiger partial charge in [0.25, 0.3) is 0 Å². The number of benzene rings is 1. The van der Waals surface area contributed by atoms with Crippen molar-refractivity contribution in [2.45, 2.75) is 57.0 Å². The molecule has 0 aliphatic heterocycles. The monoisotopic (exact) mass is 454 g/mol. The topological polar surface area (TPSA) is 104 Å². The number of aliphatic hydroxyl groups is 1. The highest BCUT2D eigenvalue weighted by atomic mass is 19.2. The van der Waals surface area contributed by atoms with Crippen LogP contribution in [0.25, 0.3) is 27.8 Å². The first kappa shape index (κ1) is 21.5. The van der Waals surface area contributed by atoms with Crippen LogP contribution in [0.5, 0.6) is 0 Å². The van der Waals surface area contributed by atoms with E-state index in [2.05, 4.69) is 10.2 Å². The number of aliphatic carboxylic acids is 1. The summed E-state index contributed by atoms with van der Waals surface area (Å²) < 4.78 is 29.8. The lowest BCUT2D eigenvalue weighted by atomic mass is 9.75. The SMILES string of the molecule is CC(C)c1c(C2CCC(O)(C(=O)O)CC2)c2nc3[nH]ncc3cc2n1-c1ccc(F)c(F)c1. The van der Waals surface area contributed by atoms with Gasteiger partial charge in [0.1, 0.15) is 0 Å². The Hall–Kier alpha value is -3.33. The number of hydrogen-bond acceptors (Lipinski definition) is 4. The van der Waals surface area contributed by atoms with Crippen LogP contribution < -0.4 is 0 Å². The zero-order chi connectivity index (χ0) is 23.5. The van der Waals surface area contributed by atoms with Gasteiger partial charge in [0.15, 0.2) is 22.9 Å². The maximum absolute atomic E-state index is 14.2. The average molecular weight is 454 g/mol. The van der Waals surface area contributed by atoms with E-state index >= 15 is 0 Å². The van der Waals surface area contributed by atoms with Crippen molar-refractivity contribution >= 4 is 28.0 Å². The molecule has 7 nitrogen and oxygen atoms in total. The van der Waals surface area contributed by atoms with Crippen molar-refractivity contribution in [2.75, 3.05) is 0 Å². The van der Waals surface area contributed by atoms with E-state index in [0.29, 0.717) is 29.7 Å². The Bertz CT molecular complexity index is 1380. The second-order valence-corrected chi connectivity index (χ2v) is 9.16. The van der Waals surface area contributed by atoms with E-state index in [1.165, 1.54) is 12.1 Å². The molecule has 1 aliphatic rings. The van der Waals surface area contributed by atoms with Gasteiger partial charge in [-0.15, -0.1) is 0 Å². The lowest BCUT2D eigenvalue weighted by Gasteiger charge is -2.33. The number of carboxylic acids is 1. The predicted octanol–water partition coefficient (Wildman–Crippen LogP) is 4.78. The van der Waals surface area contributed by atoms with E-state index in [4.69, 9.17) is 4.98 Å². The molecule has 172 valence electrons. The number of fused-ring (bicyclic) bond motifs is 2. The fourth-order valence-corrected chi connectivity index (χ4v) is 5.08. The summed E-state index contributed by atoms with van der Waals surface area (Å²) >= 11 is 0. The largest absolute Gasteiger partial charge is 0.479 e. The Morgan fingerprint density at radius 1 is 1.21 bits per heavy atom. The van der Waals surface area contributed by atoms with Crippen LogP contribution in [0.3, 0.4) is 0 Å². The van der Waals surface area contributed by atoms with Crippen molar-refractivity contribution in [1.82, 2.24) is 19.7 Å². The minimum Gasteiger partial charge on any atom is -0.479 e. The molecule has 1 aliphatic carbocycles. The summed E-state index contributed by atoms with van der Waals surface area (Å²) in [6.45, 7) is 4.05. The molecule has 4 aromatic rings. The van der Waals surface area contributed by atoms with Gasteiger partial charge in [0.05, 0.1) is 17.2 Å². The molecule has 0 bridgehead atoms. The number of aromatic nitrogens is 4. The van der Waals surface area contributed by atoms with Crippen molar-refractivity contribution in [2.24, 2.45) is 0 Å². The molecule has 5 rings (SSSR count). The zero-order valence-corrected chi connectivity index (χ0v) is 18.3. The molecule has 3 N–H and O–H groups in total. The summed E-state index contributed by atoms with van der Waals surface area (Å²) in [5.41, 5.74) is 2.69. The second kappa shape index (κ2) is 7.62. The quantitative estimate of drug-likeness (QED) is 0.412. The molecular weight excluding hydrogens is 430 g/mol. The third kappa shape index (κ3) is 3.38. The van der Waals surface area contributed by atoms with Gasteiger partial charge in [0.2, 0.25) is 0 Å². The van der Waals surface area contributed by atoms with E-state index < -0.39 is 23.2 Å². The lowest BCUT2D eigenvalue weighted by Crippen LogP contribution is -2.41. The molecule has 0 atom stereocenters. The molecule has 1 fully saturated rings. The highest BCUT2D eigenvalue weighted by Gasteiger charge is 2.42. The number of carboxylic acid groups (broad SMARTS) is 1. The molecule has 0 saturated heterocycles. The van der Waals surface area contributed by atoms with Crippen LogP contribution in [0, 0.1) is 11.6 Å². The minimum absolute atomic E-state index is 0.0130. The van der Waals surface area contributed by atoms with E-state index in [-0.39, 0.29) is 24.7 Å². The summed E-state index contributed by atoms with van der Waals surface area (Å²) in [7, 11) is 0. The summed E-state index contributed by atoms with van der Waals surface area (Å²) in [6, 6.07) is 5.75. The summed E-state index contributed by atoms with van der Waals surface area (Å²) in [5.74, 6) is -3.08. The van der Waals surface area contributed by atoms with Crippen LogP contribution in [-0.4, -0.2) is 41.5 Å². The third-order valence-electron chi connectivity index (χ3n) is 6.75. The standard InChI is InChI=1S/C24H24F2N4O3/c1-12(2)21-19(13-5-7-24(33,8-6-13)23(31)32)20-18(9-14-11-27-29-22(14)28-20)30(21)15-3-4-16(25)17(26)10-15/h3-4,9-13,33H,5-8H2,1-2H3,(H,31,32)(H,27,28,29). The Morgan fingerprint density at radius 3 is 2.58 bits per heavy atom. The number of aromatic amines is 1. The van der Waals surface area contributed by atoms with E-state index in [1.807, 2.05) is 24.5 Å². The third-order valence-corrected chi connectivity index (χ3v) is 6.75. The number of nitrogens with one attached hydrogen (secondary N) is 1. The van der Waals surface area contributed by atoms with Crippen molar-refractivity contribution in [3.63, 3.8) is 0 Å². The number of nitrogens with zero attached hydrogens (tertiary/aromatic N) is 3. The minimum atomic E-state index is -1.73. The summed E-state index contributed by atoms with van der Waals surface area (Å²) in [4.78, 5) is 16.4. The van der Waals surface area contributed by atoms with Crippen LogP contribution >= 0.6 is 0 Å². The maximum Gasteiger partial charge on any atom is 0.335 e. The van der Waals surface area contributed by atoms with Crippen LogP contribution in [0.15, 0.2) is 30.5 Å². The Balaban J connectivity index is 1.77. The maximum atomic E-state index is 14.2. The van der Waals surface area contributed by atoms with E-state index in [1.54, 1.807) is 6.20 Å². The van der Waals surface area contributed by atoms with Crippen molar-refractivity contribution in [1.29, 1.82) is 0 Å². The van der Waals surface area contributed by atoms with E-state index in [0.717, 1.165) is 28.2 Å². The molecule has 3 heterocycles. The van der Waals surface area contributed by atoms with Gasteiger partial charge < -0.3 is 14.8 Å². The normalized spacial score (nSPS) is 21.3. The second-order valence-electron chi connectivity index (χ2n) is 9.16. The van der Waals surface area contributed by atoms with Crippen LogP contribution in [-0.2, 0) is 4.79 Å². The summed E-state index contributed by atoms with van der Waals surface area (Å²) in [6.07, 6.45) is 2.88. The smallest absolute Gasteiger partial charge is 0.335 e. The number of carbonyl (C=O) groups is 1. The molecule has 0 unspecified atom stereocenters. The number of rotatable bonds is 4. The average Bonchev–Trinajstić information content (AvgIpc) is 3.36. The first-order valence-electron chi connectivity index (χ1n) is 11.0. The number of hydrogen-bond donors (Lipinski definition) is 3. The first-order valence-corrected chi connectivity index (χ1v) is 11.0. The van der Waals surface area contributed by atoms with Crippen molar-refractivity contribution < 1.29 is 23.8 Å². The Kier molecular flexibility index (Phi) is 4.97. The first-order chi connectivity index (χ1) is 15.7. The fraction of sp³-hybridized carbons (Fsp3) is 0.375. The number of pyridine rings is 1. The highest BCUT2D eigenvalue weighted by Crippen LogP contribution is 2.45. The molecule has 1 saturated carbocycles. The van der Waals surface area contributed by atoms with Gasteiger partial charge >= 0.3 is 5.97 Å². The predicted molar refractivity (Wildman–Crippen MR) is 119 cm³/mol. The van der Waals surface area contributed by atoms with Gasteiger partial charge in [-0.1, -0.05) is 13.8 Å². The molecular formula is C24H24F2N4O3. The molecule has 0 amide bonds. The molecule has 9 heteroatoms. The number of H-pyrrole nitrogens is 1. The van der Waals surface area contributed by atoms with Gasteiger partial charge in [-0.05, 0) is 55.7 Å². The zero-order valence-electron chi connectivity index (χ0n) is 18.3. The van der Waals surface area contributed by atoms with Crippen LogP contribution in [0.1, 0.15) is 62.6 Å². The Labute approximate surface area is 188 Å². The number of halogens is 2. The lowest BCUT2D eigenvalue weighted by molar-refractivity contribution is -0.162. The fourth-order valence-electron chi connectivity index (χ4n) is 5.08. The molecule has 33 heavy (non-hydrogen) atoms. The molecule has 3 aromatic heterocycles. The molecule has 1 aromatic carbocycles. The summed E-state index contributed by atoms with van der Waals surface area (Å²) in [5, 5.41) is 27.6. The van der Waals surface area contributed by atoms with Crippen molar-refractivity contribution in [3.8, 4) is 5.69 Å². The van der Waals surface area contributed by atoms with Gasteiger partial charge in [-0.2, -0.15) is 5.10 Å². The van der Waals surface area contributed by atoms with Gasteiger partial charge in [-0.25, -0.2) is 18.6 Å². The van der Waals surface area contributed by atoms with Crippen molar-refractivity contribution in [3.05, 3.63) is 53.4 Å². The van der Waals surface area contributed by atoms with E-state index in [9.17, 15) is 23.8 Å². The van der Waals surface area contributed by atoms with Gasteiger partial charge in [-0.3, -0.25) is 5.10 Å². The highest BCUT2D eigenvalue weighted by molar-refractivity contribution is 5.93. The Morgan fingerprint density at radius 2 is 1.94 bits per heavy atom. The molecule has 0 radical (unpaired) electrons. The van der Waals surface area contributed by atoms with Crippen LogP contribution in [0.2, 0.25) is 0 Å².